The first-order valence-electron chi connectivity index (χ1n) is 9.19. The van der Waals surface area contributed by atoms with Crippen LogP contribution in [0, 0.1) is 0 Å². The average Bonchev–Trinajstić information content (AvgIpc) is 3.23. The molecule has 1 aliphatic heterocycles. The molecule has 0 fully saturated rings. The third-order valence-corrected chi connectivity index (χ3v) is 4.87. The number of hydrogen-bond acceptors (Lipinski definition) is 3. The molecule has 154 valence electrons. The van der Waals surface area contributed by atoms with Crippen LogP contribution < -0.4 is 5.32 Å². The Hall–Kier alpha value is -3.62. The van der Waals surface area contributed by atoms with Gasteiger partial charge in [-0.15, -0.1) is 0 Å². The molecule has 3 amide bonds. The van der Waals surface area contributed by atoms with E-state index >= 15 is 0 Å². The van der Waals surface area contributed by atoms with E-state index < -0.39 is 11.9 Å². The fourth-order valence-electron chi connectivity index (χ4n) is 3.43. The number of carbonyl (C=O) groups excluding carboxylic acids is 3. The lowest BCUT2D eigenvalue weighted by Gasteiger charge is -2.13. The highest BCUT2D eigenvalue weighted by Gasteiger charge is 2.34. The van der Waals surface area contributed by atoms with E-state index in [9.17, 15) is 27.6 Å². The largest absolute Gasteiger partial charge is 0.431 e. The second kappa shape index (κ2) is 7.33. The van der Waals surface area contributed by atoms with Crippen LogP contribution in [0.2, 0.25) is 0 Å². The molecular weight excluding hydrogens is 399 g/mol. The van der Waals surface area contributed by atoms with Gasteiger partial charge in [-0.1, -0.05) is 12.1 Å². The van der Waals surface area contributed by atoms with Crippen LogP contribution >= 0.6 is 0 Å². The van der Waals surface area contributed by atoms with Crippen molar-refractivity contribution in [3.63, 3.8) is 0 Å². The SMILES string of the molecule is O=C(CCCN1C(=O)c2ccccc2C1=O)Nc1ccc2[nH]c(C(F)(F)F)cc2c1. The fraction of sp³-hybridized carbons (Fsp3) is 0.190. The summed E-state index contributed by atoms with van der Waals surface area (Å²) < 4.78 is 38.4. The third-order valence-electron chi connectivity index (χ3n) is 4.87. The van der Waals surface area contributed by atoms with Crippen LogP contribution in [0.3, 0.4) is 0 Å². The van der Waals surface area contributed by atoms with Crippen molar-refractivity contribution in [1.82, 2.24) is 9.88 Å². The summed E-state index contributed by atoms with van der Waals surface area (Å²) in [6.45, 7) is 0.103. The molecule has 0 aliphatic carbocycles. The third kappa shape index (κ3) is 3.66. The minimum absolute atomic E-state index is 0.0480. The molecule has 0 unspecified atom stereocenters. The molecular formula is C21H16F3N3O3. The number of alkyl halides is 3. The number of fused-ring (bicyclic) bond motifs is 2. The van der Waals surface area contributed by atoms with Crippen molar-refractivity contribution in [1.29, 1.82) is 0 Å². The molecule has 6 nitrogen and oxygen atoms in total. The van der Waals surface area contributed by atoms with Crippen LogP contribution in [0.5, 0.6) is 0 Å². The lowest BCUT2D eigenvalue weighted by molar-refractivity contribution is -0.140. The Labute approximate surface area is 168 Å². The highest BCUT2D eigenvalue weighted by atomic mass is 19.4. The summed E-state index contributed by atoms with van der Waals surface area (Å²) >= 11 is 0. The van der Waals surface area contributed by atoms with Crippen LogP contribution in [-0.2, 0) is 11.0 Å². The average molecular weight is 415 g/mol. The molecule has 3 aromatic rings. The number of aromatic amines is 1. The van der Waals surface area contributed by atoms with E-state index in [1.54, 1.807) is 24.3 Å². The molecule has 0 radical (unpaired) electrons. The second-order valence-electron chi connectivity index (χ2n) is 6.94. The van der Waals surface area contributed by atoms with Gasteiger partial charge in [0.2, 0.25) is 5.91 Å². The predicted molar refractivity (Wildman–Crippen MR) is 103 cm³/mol. The number of anilines is 1. The van der Waals surface area contributed by atoms with Crippen molar-refractivity contribution in [2.24, 2.45) is 0 Å². The van der Waals surface area contributed by atoms with Crippen molar-refractivity contribution in [2.45, 2.75) is 19.0 Å². The van der Waals surface area contributed by atoms with Crippen LogP contribution in [0.1, 0.15) is 39.3 Å². The van der Waals surface area contributed by atoms with Gasteiger partial charge in [-0.05, 0) is 42.8 Å². The van der Waals surface area contributed by atoms with Crippen molar-refractivity contribution < 1.29 is 27.6 Å². The Morgan fingerprint density at radius 3 is 2.30 bits per heavy atom. The number of amides is 3. The monoisotopic (exact) mass is 415 g/mol. The Bertz CT molecular complexity index is 1130. The fourth-order valence-corrected chi connectivity index (χ4v) is 3.43. The van der Waals surface area contributed by atoms with Gasteiger partial charge in [0.05, 0.1) is 11.1 Å². The molecule has 0 spiro atoms. The highest BCUT2D eigenvalue weighted by molar-refractivity contribution is 6.21. The molecule has 2 aromatic carbocycles. The van der Waals surface area contributed by atoms with E-state index in [0.717, 1.165) is 11.0 Å². The number of imide groups is 1. The van der Waals surface area contributed by atoms with E-state index in [2.05, 4.69) is 10.3 Å². The topological polar surface area (TPSA) is 82.3 Å². The van der Waals surface area contributed by atoms with E-state index in [1.807, 2.05) is 0 Å². The standard InChI is InChI=1S/C21H16F3N3O3/c22-21(23,24)17-11-12-10-13(7-8-16(12)26-17)25-18(28)6-3-9-27-19(29)14-4-1-2-5-15(14)20(27)30/h1-2,4-5,7-8,10-11,26H,3,6,9H2,(H,25,28). The van der Waals surface area contributed by atoms with Gasteiger partial charge in [0.1, 0.15) is 5.69 Å². The summed E-state index contributed by atoms with van der Waals surface area (Å²) in [5, 5.41) is 2.95. The molecule has 0 saturated carbocycles. The van der Waals surface area contributed by atoms with E-state index in [-0.39, 0.29) is 37.1 Å². The van der Waals surface area contributed by atoms with Crippen LogP contribution in [0.25, 0.3) is 10.9 Å². The number of benzene rings is 2. The zero-order valence-corrected chi connectivity index (χ0v) is 15.5. The molecule has 9 heteroatoms. The Morgan fingerprint density at radius 1 is 1.00 bits per heavy atom. The molecule has 1 aliphatic rings. The molecule has 2 N–H and O–H groups in total. The summed E-state index contributed by atoms with van der Waals surface area (Å²) in [7, 11) is 0. The number of nitrogens with zero attached hydrogens (tertiary/aromatic N) is 1. The summed E-state index contributed by atoms with van der Waals surface area (Å²) in [4.78, 5) is 40.2. The van der Waals surface area contributed by atoms with Gasteiger partial charge in [-0.25, -0.2) is 0 Å². The first-order chi connectivity index (χ1) is 14.2. The molecule has 0 bridgehead atoms. The number of H-pyrrole nitrogens is 1. The number of rotatable bonds is 5. The van der Waals surface area contributed by atoms with Gasteiger partial charge in [0.15, 0.2) is 0 Å². The molecule has 4 rings (SSSR count). The zero-order valence-electron chi connectivity index (χ0n) is 15.5. The van der Waals surface area contributed by atoms with Crippen molar-refractivity contribution >= 4 is 34.3 Å². The first-order valence-corrected chi connectivity index (χ1v) is 9.19. The molecule has 1 aromatic heterocycles. The Balaban J connectivity index is 1.34. The Morgan fingerprint density at radius 2 is 1.67 bits per heavy atom. The van der Waals surface area contributed by atoms with Crippen molar-refractivity contribution in [2.75, 3.05) is 11.9 Å². The lowest BCUT2D eigenvalue weighted by atomic mass is 10.1. The molecule has 2 heterocycles. The number of aromatic nitrogens is 1. The van der Waals surface area contributed by atoms with Crippen molar-refractivity contribution in [3.8, 4) is 0 Å². The lowest BCUT2D eigenvalue weighted by Crippen LogP contribution is -2.31. The predicted octanol–water partition coefficient (Wildman–Crippen LogP) is 4.20. The first kappa shape index (κ1) is 19.7. The highest BCUT2D eigenvalue weighted by Crippen LogP contribution is 2.32. The van der Waals surface area contributed by atoms with Gasteiger partial charge >= 0.3 is 6.18 Å². The minimum atomic E-state index is -4.48. The second-order valence-corrected chi connectivity index (χ2v) is 6.94. The van der Waals surface area contributed by atoms with Crippen LogP contribution in [0.4, 0.5) is 18.9 Å². The van der Waals surface area contributed by atoms with Gasteiger partial charge < -0.3 is 10.3 Å². The maximum atomic E-state index is 12.8. The normalized spacial score (nSPS) is 13.8. The number of nitrogens with one attached hydrogen (secondary N) is 2. The maximum absolute atomic E-state index is 12.8. The molecule has 30 heavy (non-hydrogen) atoms. The van der Waals surface area contributed by atoms with Crippen molar-refractivity contribution in [3.05, 3.63) is 65.4 Å². The van der Waals surface area contributed by atoms with Crippen LogP contribution in [0.15, 0.2) is 48.5 Å². The van der Waals surface area contributed by atoms with Gasteiger partial charge in [-0.2, -0.15) is 13.2 Å². The summed E-state index contributed by atoms with van der Waals surface area (Å²) in [5.41, 5.74) is 0.517. The summed E-state index contributed by atoms with van der Waals surface area (Å²) in [5.74, 6) is -1.12. The quantitative estimate of drug-likeness (QED) is 0.613. The van der Waals surface area contributed by atoms with E-state index in [4.69, 9.17) is 0 Å². The number of hydrogen-bond donors (Lipinski definition) is 2. The number of halogens is 3. The van der Waals surface area contributed by atoms with Gasteiger partial charge in [0.25, 0.3) is 11.8 Å². The molecule has 0 saturated heterocycles. The summed E-state index contributed by atoms with van der Waals surface area (Å²) in [6.07, 6.45) is -4.17. The van der Waals surface area contributed by atoms with E-state index in [0.29, 0.717) is 27.7 Å². The van der Waals surface area contributed by atoms with Gasteiger partial charge in [-0.3, -0.25) is 19.3 Å². The van der Waals surface area contributed by atoms with Crippen LogP contribution in [-0.4, -0.2) is 34.2 Å². The zero-order chi connectivity index (χ0) is 21.5. The molecule has 0 atom stereocenters. The maximum Gasteiger partial charge on any atom is 0.431 e. The van der Waals surface area contributed by atoms with E-state index in [1.165, 1.54) is 18.2 Å². The smallest absolute Gasteiger partial charge is 0.351 e. The minimum Gasteiger partial charge on any atom is -0.351 e. The van der Waals surface area contributed by atoms with Gasteiger partial charge in [0, 0.05) is 29.6 Å². The number of carbonyl (C=O) groups is 3. The summed E-state index contributed by atoms with van der Waals surface area (Å²) in [6, 6.07) is 11.9. The Kier molecular flexibility index (Phi) is 4.81.